The van der Waals surface area contributed by atoms with Gasteiger partial charge in [-0.05, 0) is 61.9 Å². The molecule has 1 amide bonds. The molecular formula is C19H18ClN3O2S. The molecule has 2 heterocycles. The number of amides is 1. The first-order chi connectivity index (χ1) is 12.5. The topological polar surface area (TPSA) is 64.0 Å². The monoisotopic (exact) mass is 387 g/mol. The number of carbonyl (C=O) groups excluding carboxylic acids is 1. The molecule has 0 fully saturated rings. The van der Waals surface area contributed by atoms with Crippen LogP contribution < -0.4 is 10.9 Å². The van der Waals surface area contributed by atoms with Gasteiger partial charge in [-0.3, -0.25) is 14.2 Å². The van der Waals surface area contributed by atoms with Crippen molar-refractivity contribution in [3.05, 3.63) is 55.9 Å². The van der Waals surface area contributed by atoms with Gasteiger partial charge >= 0.3 is 0 Å². The number of hydrogen-bond acceptors (Lipinski definition) is 4. The number of anilines is 1. The number of hydrogen-bond donors (Lipinski definition) is 1. The molecule has 0 saturated heterocycles. The summed E-state index contributed by atoms with van der Waals surface area (Å²) < 4.78 is 1.39. The van der Waals surface area contributed by atoms with E-state index in [0.29, 0.717) is 16.1 Å². The molecule has 0 bridgehead atoms. The summed E-state index contributed by atoms with van der Waals surface area (Å²) in [4.78, 5) is 31.7. The normalized spacial score (nSPS) is 13.6. The van der Waals surface area contributed by atoms with Crippen molar-refractivity contribution in [3.63, 3.8) is 0 Å². The van der Waals surface area contributed by atoms with E-state index in [1.165, 1.54) is 15.8 Å². The summed E-state index contributed by atoms with van der Waals surface area (Å²) in [5, 5.41) is 4.15. The average Bonchev–Trinajstić information content (AvgIpc) is 3.00. The van der Waals surface area contributed by atoms with Crippen molar-refractivity contribution in [1.82, 2.24) is 9.55 Å². The molecule has 4 rings (SSSR count). The average molecular weight is 388 g/mol. The molecule has 0 atom stereocenters. The van der Waals surface area contributed by atoms with Crippen LogP contribution in [0.15, 0.2) is 29.3 Å². The first-order valence-corrected chi connectivity index (χ1v) is 9.78. The number of halogens is 1. The summed E-state index contributed by atoms with van der Waals surface area (Å²) in [7, 11) is 0. The van der Waals surface area contributed by atoms with Gasteiger partial charge in [0.1, 0.15) is 11.4 Å². The zero-order chi connectivity index (χ0) is 18.3. The number of nitrogens with one attached hydrogen (secondary N) is 1. The molecule has 26 heavy (non-hydrogen) atoms. The van der Waals surface area contributed by atoms with Crippen LogP contribution in [0.1, 0.15) is 28.8 Å². The molecule has 1 aromatic carbocycles. The molecular weight excluding hydrogens is 370 g/mol. The van der Waals surface area contributed by atoms with Gasteiger partial charge in [0.05, 0.1) is 11.7 Å². The van der Waals surface area contributed by atoms with Crippen LogP contribution >= 0.6 is 22.9 Å². The van der Waals surface area contributed by atoms with E-state index in [-0.39, 0.29) is 18.0 Å². The van der Waals surface area contributed by atoms with E-state index in [4.69, 9.17) is 11.6 Å². The number of nitrogens with zero attached hydrogens (tertiary/aromatic N) is 2. The van der Waals surface area contributed by atoms with Crippen LogP contribution in [0.5, 0.6) is 0 Å². The molecule has 1 N–H and O–H groups in total. The Morgan fingerprint density at radius 2 is 2.15 bits per heavy atom. The zero-order valence-corrected chi connectivity index (χ0v) is 15.9. The van der Waals surface area contributed by atoms with Gasteiger partial charge in [0.15, 0.2) is 0 Å². The Labute approximate surface area is 159 Å². The van der Waals surface area contributed by atoms with Crippen molar-refractivity contribution in [2.45, 2.75) is 39.2 Å². The minimum absolute atomic E-state index is 0.0614. The van der Waals surface area contributed by atoms with Crippen molar-refractivity contribution in [2.24, 2.45) is 0 Å². The Morgan fingerprint density at radius 1 is 1.35 bits per heavy atom. The lowest BCUT2D eigenvalue weighted by Gasteiger charge is -2.11. The van der Waals surface area contributed by atoms with Crippen molar-refractivity contribution >= 4 is 44.7 Å². The number of aromatic nitrogens is 2. The van der Waals surface area contributed by atoms with Crippen molar-refractivity contribution in [3.8, 4) is 0 Å². The van der Waals surface area contributed by atoms with Gasteiger partial charge in [-0.2, -0.15) is 0 Å². The Morgan fingerprint density at radius 3 is 2.96 bits per heavy atom. The Bertz CT molecular complexity index is 1070. The van der Waals surface area contributed by atoms with Crippen LogP contribution in [-0.2, 0) is 24.2 Å². The number of benzene rings is 1. The lowest BCUT2D eigenvalue weighted by Crippen LogP contribution is -2.28. The lowest BCUT2D eigenvalue weighted by atomic mass is 9.97. The van der Waals surface area contributed by atoms with Crippen LogP contribution in [0.3, 0.4) is 0 Å². The highest BCUT2D eigenvalue weighted by atomic mass is 35.5. The number of carbonyl (C=O) groups is 1. The van der Waals surface area contributed by atoms with E-state index in [1.54, 1.807) is 29.5 Å². The molecule has 0 radical (unpaired) electrons. The maximum absolute atomic E-state index is 12.9. The standard InChI is InChI=1S/C19H18ClN3O2S/c1-11-8-12(6-7-14(11)20)22-16(24)9-23-10-21-18-17(19(23)25)13-4-2-3-5-15(13)26-18/h6-8,10H,2-5,9H2,1H3,(H,22,24). The molecule has 1 aliphatic rings. The number of rotatable bonds is 3. The zero-order valence-electron chi connectivity index (χ0n) is 14.3. The number of aryl methyl sites for hydroxylation is 3. The van der Waals surface area contributed by atoms with Crippen LogP contribution in [0.4, 0.5) is 5.69 Å². The van der Waals surface area contributed by atoms with E-state index < -0.39 is 0 Å². The van der Waals surface area contributed by atoms with Crippen molar-refractivity contribution in [2.75, 3.05) is 5.32 Å². The van der Waals surface area contributed by atoms with E-state index in [0.717, 1.165) is 41.6 Å². The van der Waals surface area contributed by atoms with Gasteiger partial charge in [-0.1, -0.05) is 11.6 Å². The molecule has 0 spiro atoms. The molecule has 134 valence electrons. The first-order valence-electron chi connectivity index (χ1n) is 8.58. The van der Waals surface area contributed by atoms with Gasteiger partial charge in [0, 0.05) is 15.6 Å². The van der Waals surface area contributed by atoms with Gasteiger partial charge in [0.2, 0.25) is 5.91 Å². The molecule has 0 unspecified atom stereocenters. The highest BCUT2D eigenvalue weighted by Gasteiger charge is 2.20. The summed E-state index contributed by atoms with van der Waals surface area (Å²) in [6.45, 7) is 1.81. The fraction of sp³-hybridized carbons (Fsp3) is 0.316. The second-order valence-electron chi connectivity index (χ2n) is 6.58. The molecule has 0 saturated carbocycles. The third-order valence-corrected chi connectivity index (χ3v) is 6.32. The quantitative estimate of drug-likeness (QED) is 0.740. The second kappa shape index (κ2) is 6.85. The molecule has 3 aromatic rings. The fourth-order valence-corrected chi connectivity index (χ4v) is 4.71. The Kier molecular flexibility index (Phi) is 4.54. The van der Waals surface area contributed by atoms with Gasteiger partial charge in [-0.15, -0.1) is 11.3 Å². The number of thiophene rings is 1. The van der Waals surface area contributed by atoms with Crippen LogP contribution in [-0.4, -0.2) is 15.5 Å². The molecule has 1 aliphatic carbocycles. The molecule has 7 heteroatoms. The Balaban J connectivity index is 1.60. The highest BCUT2D eigenvalue weighted by molar-refractivity contribution is 7.18. The summed E-state index contributed by atoms with van der Waals surface area (Å²) in [6.07, 6.45) is 5.68. The molecule has 5 nitrogen and oxygen atoms in total. The minimum Gasteiger partial charge on any atom is -0.325 e. The highest BCUT2D eigenvalue weighted by Crippen LogP contribution is 2.33. The minimum atomic E-state index is -0.265. The van der Waals surface area contributed by atoms with Crippen LogP contribution in [0.2, 0.25) is 5.02 Å². The summed E-state index contributed by atoms with van der Waals surface area (Å²) in [6, 6.07) is 5.29. The van der Waals surface area contributed by atoms with Gasteiger partial charge in [0.25, 0.3) is 5.56 Å². The second-order valence-corrected chi connectivity index (χ2v) is 8.07. The maximum atomic E-state index is 12.9. The third kappa shape index (κ3) is 3.15. The predicted octanol–water partition coefficient (Wildman–Crippen LogP) is 3.94. The van der Waals surface area contributed by atoms with E-state index in [2.05, 4.69) is 10.3 Å². The van der Waals surface area contributed by atoms with E-state index >= 15 is 0 Å². The van der Waals surface area contributed by atoms with E-state index in [9.17, 15) is 9.59 Å². The van der Waals surface area contributed by atoms with Crippen molar-refractivity contribution < 1.29 is 4.79 Å². The van der Waals surface area contributed by atoms with Gasteiger partial charge < -0.3 is 5.32 Å². The molecule has 2 aromatic heterocycles. The Hall–Kier alpha value is -2.18. The summed E-state index contributed by atoms with van der Waals surface area (Å²) in [5.41, 5.74) is 2.55. The smallest absolute Gasteiger partial charge is 0.262 e. The summed E-state index contributed by atoms with van der Waals surface area (Å²) >= 11 is 7.61. The summed E-state index contributed by atoms with van der Waals surface area (Å²) in [5.74, 6) is -0.265. The SMILES string of the molecule is Cc1cc(NC(=O)Cn2cnc3sc4c(c3c2=O)CCCC4)ccc1Cl. The van der Waals surface area contributed by atoms with E-state index in [1.807, 2.05) is 6.92 Å². The van der Waals surface area contributed by atoms with Crippen molar-refractivity contribution in [1.29, 1.82) is 0 Å². The van der Waals surface area contributed by atoms with Crippen LogP contribution in [0.25, 0.3) is 10.2 Å². The van der Waals surface area contributed by atoms with Crippen LogP contribution in [0, 0.1) is 6.92 Å². The lowest BCUT2D eigenvalue weighted by molar-refractivity contribution is -0.116. The predicted molar refractivity (Wildman–Crippen MR) is 105 cm³/mol. The maximum Gasteiger partial charge on any atom is 0.262 e. The molecule has 0 aliphatic heterocycles. The first kappa shape index (κ1) is 17.2. The largest absolute Gasteiger partial charge is 0.325 e. The van der Waals surface area contributed by atoms with Gasteiger partial charge in [-0.25, -0.2) is 4.98 Å². The number of fused-ring (bicyclic) bond motifs is 3. The third-order valence-electron chi connectivity index (χ3n) is 4.70. The fourth-order valence-electron chi connectivity index (χ4n) is 3.37.